The highest BCUT2D eigenvalue weighted by atomic mass is 16.6. The van der Waals surface area contributed by atoms with Crippen molar-refractivity contribution in [1.29, 1.82) is 0 Å². The fourth-order valence-electron chi connectivity index (χ4n) is 1.52. The molecule has 0 saturated heterocycles. The Bertz CT molecular complexity index is 641. The molecule has 0 radical (unpaired) electrons. The lowest BCUT2D eigenvalue weighted by molar-refractivity contribution is -0.385. The molecule has 0 spiro atoms. The van der Waals surface area contributed by atoms with Crippen LogP contribution in [0.3, 0.4) is 0 Å². The average Bonchev–Trinajstić information content (AvgIpc) is 2.91. The molecule has 104 valence electrons. The Morgan fingerprint density at radius 2 is 2.30 bits per heavy atom. The standard InChI is InChI=1S/C10H10N6O4/c1-5(9-12-14-15-13-9)11-10(18)6-2-3-7(16(19)20)8(17)4-6/h2-5,17H,1H3,(H,11,18)(H,12,13,14,15). The topological polar surface area (TPSA) is 147 Å². The van der Waals surface area contributed by atoms with Crippen molar-refractivity contribution in [3.8, 4) is 5.75 Å². The van der Waals surface area contributed by atoms with Crippen molar-refractivity contribution in [1.82, 2.24) is 25.9 Å². The monoisotopic (exact) mass is 278 g/mol. The van der Waals surface area contributed by atoms with Crippen LogP contribution in [0.5, 0.6) is 5.75 Å². The van der Waals surface area contributed by atoms with Gasteiger partial charge in [0.1, 0.15) is 0 Å². The number of tetrazole rings is 1. The van der Waals surface area contributed by atoms with Gasteiger partial charge in [-0.3, -0.25) is 14.9 Å². The minimum atomic E-state index is -0.737. The number of aromatic amines is 1. The summed E-state index contributed by atoms with van der Waals surface area (Å²) in [6, 6.07) is 2.83. The molecule has 20 heavy (non-hydrogen) atoms. The maximum Gasteiger partial charge on any atom is 0.310 e. The van der Waals surface area contributed by atoms with E-state index in [0.29, 0.717) is 5.82 Å². The van der Waals surface area contributed by atoms with E-state index in [-0.39, 0.29) is 5.56 Å². The van der Waals surface area contributed by atoms with E-state index in [0.717, 1.165) is 12.1 Å². The number of aromatic nitrogens is 4. The van der Waals surface area contributed by atoms with E-state index in [9.17, 15) is 20.0 Å². The number of nitrogens with one attached hydrogen (secondary N) is 2. The number of phenolic OH excluding ortho intramolecular Hbond substituents is 1. The van der Waals surface area contributed by atoms with Crippen LogP contribution in [0.25, 0.3) is 0 Å². The number of carbonyl (C=O) groups is 1. The molecule has 0 bridgehead atoms. The Balaban J connectivity index is 2.14. The molecule has 3 N–H and O–H groups in total. The van der Waals surface area contributed by atoms with Crippen molar-refractivity contribution in [2.45, 2.75) is 13.0 Å². The van der Waals surface area contributed by atoms with E-state index in [1.165, 1.54) is 6.07 Å². The van der Waals surface area contributed by atoms with Gasteiger partial charge in [0.25, 0.3) is 5.91 Å². The molecule has 10 nitrogen and oxygen atoms in total. The van der Waals surface area contributed by atoms with Crippen LogP contribution in [0, 0.1) is 10.1 Å². The molecule has 2 aromatic rings. The van der Waals surface area contributed by atoms with Gasteiger partial charge in [-0.25, -0.2) is 0 Å². The van der Waals surface area contributed by atoms with Crippen LogP contribution in [-0.4, -0.2) is 36.6 Å². The van der Waals surface area contributed by atoms with Gasteiger partial charge in [-0.2, -0.15) is 5.21 Å². The maximum atomic E-state index is 11.9. The van der Waals surface area contributed by atoms with Crippen LogP contribution < -0.4 is 5.32 Å². The quantitative estimate of drug-likeness (QED) is 0.538. The lowest BCUT2D eigenvalue weighted by atomic mass is 10.1. The van der Waals surface area contributed by atoms with Crippen LogP contribution in [0.4, 0.5) is 5.69 Å². The second-order valence-corrected chi connectivity index (χ2v) is 3.93. The minimum Gasteiger partial charge on any atom is -0.502 e. The van der Waals surface area contributed by atoms with Crippen LogP contribution in [-0.2, 0) is 0 Å². The van der Waals surface area contributed by atoms with Crippen molar-refractivity contribution in [3.05, 3.63) is 39.7 Å². The van der Waals surface area contributed by atoms with E-state index in [1.54, 1.807) is 6.92 Å². The van der Waals surface area contributed by atoms with E-state index in [4.69, 9.17) is 0 Å². The van der Waals surface area contributed by atoms with Gasteiger partial charge in [0.2, 0.25) is 0 Å². The third-order valence-corrected chi connectivity index (χ3v) is 2.53. The van der Waals surface area contributed by atoms with E-state index in [2.05, 4.69) is 25.9 Å². The zero-order valence-corrected chi connectivity index (χ0v) is 10.3. The van der Waals surface area contributed by atoms with Crippen molar-refractivity contribution in [2.24, 2.45) is 0 Å². The van der Waals surface area contributed by atoms with E-state index >= 15 is 0 Å². The van der Waals surface area contributed by atoms with Crippen molar-refractivity contribution >= 4 is 11.6 Å². The number of carbonyl (C=O) groups excluding carboxylic acids is 1. The Kier molecular flexibility index (Phi) is 3.55. The van der Waals surface area contributed by atoms with E-state index < -0.39 is 28.3 Å². The smallest absolute Gasteiger partial charge is 0.310 e. The number of nitro benzene ring substituents is 1. The number of aromatic hydroxyl groups is 1. The molecule has 1 aromatic heterocycles. The second kappa shape index (κ2) is 5.30. The van der Waals surface area contributed by atoms with Crippen molar-refractivity contribution < 1.29 is 14.8 Å². The number of nitrogens with zero attached hydrogens (tertiary/aromatic N) is 4. The van der Waals surface area contributed by atoms with Gasteiger partial charge in [-0.1, -0.05) is 5.21 Å². The molecular formula is C10H10N6O4. The van der Waals surface area contributed by atoms with Gasteiger partial charge in [-0.15, -0.1) is 10.2 Å². The van der Waals surface area contributed by atoms with Crippen LogP contribution >= 0.6 is 0 Å². The van der Waals surface area contributed by atoms with Gasteiger partial charge in [0, 0.05) is 11.6 Å². The average molecular weight is 278 g/mol. The van der Waals surface area contributed by atoms with Gasteiger partial charge >= 0.3 is 5.69 Å². The fourth-order valence-corrected chi connectivity index (χ4v) is 1.52. The zero-order valence-electron chi connectivity index (χ0n) is 10.3. The number of benzene rings is 1. The second-order valence-electron chi connectivity index (χ2n) is 3.93. The molecule has 2 rings (SSSR count). The molecule has 1 atom stereocenters. The summed E-state index contributed by atoms with van der Waals surface area (Å²) in [6.45, 7) is 1.65. The highest BCUT2D eigenvalue weighted by molar-refractivity contribution is 5.95. The first-order chi connectivity index (χ1) is 9.49. The third-order valence-electron chi connectivity index (χ3n) is 2.53. The van der Waals surface area contributed by atoms with Crippen LogP contribution in [0.1, 0.15) is 29.1 Å². The molecular weight excluding hydrogens is 268 g/mol. The zero-order chi connectivity index (χ0) is 14.7. The van der Waals surface area contributed by atoms with Crippen LogP contribution in [0.15, 0.2) is 18.2 Å². The number of hydrogen-bond donors (Lipinski definition) is 3. The Morgan fingerprint density at radius 1 is 1.55 bits per heavy atom. The maximum absolute atomic E-state index is 11.9. The summed E-state index contributed by atoms with van der Waals surface area (Å²) in [5.74, 6) is -0.799. The summed E-state index contributed by atoms with van der Waals surface area (Å²) < 4.78 is 0. The first-order valence-electron chi connectivity index (χ1n) is 5.50. The molecule has 1 heterocycles. The van der Waals surface area contributed by atoms with Crippen molar-refractivity contribution in [3.63, 3.8) is 0 Å². The Hall–Kier alpha value is -3.04. The largest absolute Gasteiger partial charge is 0.502 e. The summed E-state index contributed by atoms with van der Waals surface area (Å²) in [5.41, 5.74) is -0.379. The molecule has 0 aliphatic rings. The SMILES string of the molecule is CC(NC(=O)c1ccc([N+](=O)[O-])c(O)c1)c1nn[nH]n1. The Labute approximate surface area is 112 Å². The van der Waals surface area contributed by atoms with Gasteiger partial charge in [0.05, 0.1) is 11.0 Å². The highest BCUT2D eigenvalue weighted by Gasteiger charge is 2.18. The lowest BCUT2D eigenvalue weighted by Gasteiger charge is -2.10. The highest BCUT2D eigenvalue weighted by Crippen LogP contribution is 2.26. The molecule has 0 aliphatic heterocycles. The van der Waals surface area contributed by atoms with Crippen LogP contribution in [0.2, 0.25) is 0 Å². The normalized spacial score (nSPS) is 11.8. The molecule has 0 aliphatic carbocycles. The first-order valence-corrected chi connectivity index (χ1v) is 5.50. The molecule has 1 unspecified atom stereocenters. The molecule has 10 heteroatoms. The molecule has 1 aromatic carbocycles. The first kappa shape index (κ1) is 13.4. The summed E-state index contributed by atoms with van der Waals surface area (Å²) in [7, 11) is 0. The number of nitro groups is 1. The number of rotatable bonds is 4. The van der Waals surface area contributed by atoms with Gasteiger partial charge in [0.15, 0.2) is 11.6 Å². The molecule has 0 saturated carbocycles. The summed E-state index contributed by atoms with van der Waals surface area (Å²) >= 11 is 0. The fraction of sp³-hybridized carbons (Fsp3) is 0.200. The lowest BCUT2D eigenvalue weighted by Crippen LogP contribution is -2.27. The number of hydrogen-bond acceptors (Lipinski definition) is 7. The summed E-state index contributed by atoms with van der Waals surface area (Å²) in [6.07, 6.45) is 0. The van der Waals surface area contributed by atoms with Crippen molar-refractivity contribution in [2.75, 3.05) is 0 Å². The Morgan fingerprint density at radius 3 is 2.85 bits per heavy atom. The van der Waals surface area contributed by atoms with E-state index in [1.807, 2.05) is 0 Å². The van der Waals surface area contributed by atoms with Gasteiger partial charge in [-0.05, 0) is 19.1 Å². The van der Waals surface area contributed by atoms with Gasteiger partial charge < -0.3 is 10.4 Å². The molecule has 0 fully saturated rings. The summed E-state index contributed by atoms with van der Waals surface area (Å²) in [4.78, 5) is 21.7. The predicted octanol–water partition coefficient (Wildman–Crippen LogP) is 0.305. The number of amides is 1. The number of H-pyrrole nitrogens is 1. The number of phenols is 1. The minimum absolute atomic E-state index is 0.0865. The predicted molar refractivity (Wildman–Crippen MR) is 64.8 cm³/mol. The molecule has 1 amide bonds. The summed E-state index contributed by atoms with van der Waals surface area (Å²) in [5, 5.41) is 35.6. The third kappa shape index (κ3) is 2.68.